The Labute approximate surface area is 187 Å². The summed E-state index contributed by atoms with van der Waals surface area (Å²) in [6.07, 6.45) is 6.83. The molecule has 8 heteroatoms. The maximum atomic E-state index is 13.4. The Morgan fingerprint density at radius 3 is 2.56 bits per heavy atom. The first-order chi connectivity index (χ1) is 15.5. The molecule has 1 aliphatic carbocycles. The number of pyridine rings is 1. The number of tetrazole rings is 1. The van der Waals surface area contributed by atoms with Crippen molar-refractivity contribution in [2.24, 2.45) is 0 Å². The molecular formula is C24H32N6O2. The van der Waals surface area contributed by atoms with Crippen LogP contribution < -0.4 is 5.56 Å². The fraction of sp³-hybridized carbons (Fsp3) is 0.583. The van der Waals surface area contributed by atoms with Gasteiger partial charge in [0, 0.05) is 29.6 Å². The van der Waals surface area contributed by atoms with Gasteiger partial charge in [0.1, 0.15) is 6.04 Å². The van der Waals surface area contributed by atoms with E-state index in [-0.39, 0.29) is 23.7 Å². The molecule has 2 N–H and O–H groups in total. The zero-order chi connectivity index (χ0) is 22.2. The zero-order valence-corrected chi connectivity index (χ0v) is 18.9. The number of piperidine rings is 1. The van der Waals surface area contributed by atoms with Crippen molar-refractivity contribution < 1.29 is 5.11 Å². The number of aliphatic hydroxyl groups is 1. The van der Waals surface area contributed by atoms with E-state index in [0.29, 0.717) is 31.5 Å². The smallest absolute Gasteiger partial charge is 0.253 e. The van der Waals surface area contributed by atoms with Crippen LogP contribution in [0.3, 0.4) is 0 Å². The highest BCUT2D eigenvalue weighted by molar-refractivity contribution is 5.83. The van der Waals surface area contributed by atoms with Crippen LogP contribution in [0.2, 0.25) is 0 Å². The number of aryl methyl sites for hydroxylation is 2. The van der Waals surface area contributed by atoms with Crippen LogP contribution in [-0.4, -0.2) is 54.4 Å². The predicted molar refractivity (Wildman–Crippen MR) is 123 cm³/mol. The van der Waals surface area contributed by atoms with Crippen LogP contribution in [0.5, 0.6) is 0 Å². The van der Waals surface area contributed by atoms with Gasteiger partial charge in [-0.25, -0.2) is 4.68 Å². The van der Waals surface area contributed by atoms with E-state index in [4.69, 9.17) is 0 Å². The SMILES string of the molecule is Cc1cc(C)c2cc(C(c3nnnn3C3CCCCC3)N3CCC(O)CC3)c(=O)[nH]c2c1. The Hall–Kier alpha value is -2.58. The Morgan fingerprint density at radius 1 is 1.06 bits per heavy atom. The second-order valence-electron chi connectivity index (χ2n) is 9.54. The molecule has 0 radical (unpaired) electrons. The number of nitrogens with one attached hydrogen (secondary N) is 1. The van der Waals surface area contributed by atoms with Crippen molar-refractivity contribution in [2.45, 2.75) is 77.0 Å². The number of hydrogen-bond acceptors (Lipinski definition) is 6. The number of nitrogens with zero attached hydrogens (tertiary/aromatic N) is 5. The summed E-state index contributed by atoms with van der Waals surface area (Å²) in [5.41, 5.74) is 3.69. The first-order valence-electron chi connectivity index (χ1n) is 11.9. The van der Waals surface area contributed by atoms with E-state index in [9.17, 15) is 9.90 Å². The van der Waals surface area contributed by atoms with Crippen molar-refractivity contribution in [3.63, 3.8) is 0 Å². The molecule has 5 rings (SSSR count). The molecule has 1 atom stereocenters. The number of fused-ring (bicyclic) bond motifs is 1. The molecule has 2 fully saturated rings. The first kappa shape index (κ1) is 21.3. The summed E-state index contributed by atoms with van der Waals surface area (Å²) in [4.78, 5) is 18.8. The van der Waals surface area contributed by atoms with E-state index in [1.165, 1.54) is 19.3 Å². The van der Waals surface area contributed by atoms with Crippen LogP contribution in [-0.2, 0) is 0 Å². The van der Waals surface area contributed by atoms with Crippen molar-refractivity contribution in [3.05, 3.63) is 51.1 Å². The number of H-pyrrole nitrogens is 1. The second-order valence-corrected chi connectivity index (χ2v) is 9.54. The molecular weight excluding hydrogens is 404 g/mol. The minimum absolute atomic E-state index is 0.100. The molecule has 0 bridgehead atoms. The topological polar surface area (TPSA) is 99.9 Å². The largest absolute Gasteiger partial charge is 0.393 e. The summed E-state index contributed by atoms with van der Waals surface area (Å²) in [6, 6.07) is 6.12. The summed E-state index contributed by atoms with van der Waals surface area (Å²) >= 11 is 0. The average molecular weight is 437 g/mol. The lowest BCUT2D eigenvalue weighted by Crippen LogP contribution is -2.42. The van der Waals surface area contributed by atoms with Crippen LogP contribution in [0.25, 0.3) is 10.9 Å². The predicted octanol–water partition coefficient (Wildman–Crippen LogP) is 3.18. The first-order valence-corrected chi connectivity index (χ1v) is 11.9. The van der Waals surface area contributed by atoms with Gasteiger partial charge < -0.3 is 10.1 Å². The Balaban J connectivity index is 1.64. The van der Waals surface area contributed by atoms with Gasteiger partial charge in [0.05, 0.1) is 12.1 Å². The van der Waals surface area contributed by atoms with Gasteiger partial charge in [-0.05, 0) is 73.2 Å². The van der Waals surface area contributed by atoms with Gasteiger partial charge in [0.15, 0.2) is 5.82 Å². The van der Waals surface area contributed by atoms with E-state index >= 15 is 0 Å². The lowest BCUT2D eigenvalue weighted by atomic mass is 9.94. The molecule has 0 spiro atoms. The average Bonchev–Trinajstić information content (AvgIpc) is 3.26. The van der Waals surface area contributed by atoms with Gasteiger partial charge in [-0.2, -0.15) is 0 Å². The van der Waals surface area contributed by atoms with Crippen LogP contribution in [0, 0.1) is 13.8 Å². The molecule has 32 heavy (non-hydrogen) atoms. The number of hydrogen-bond donors (Lipinski definition) is 2. The molecule has 1 saturated heterocycles. The molecule has 2 aromatic heterocycles. The summed E-state index contributed by atoms with van der Waals surface area (Å²) in [5, 5.41) is 24.0. The lowest BCUT2D eigenvalue weighted by molar-refractivity contribution is 0.0651. The van der Waals surface area contributed by atoms with E-state index < -0.39 is 0 Å². The molecule has 2 aliphatic rings. The van der Waals surface area contributed by atoms with Crippen molar-refractivity contribution in [1.29, 1.82) is 0 Å². The van der Waals surface area contributed by atoms with Crippen molar-refractivity contribution in [2.75, 3.05) is 13.1 Å². The summed E-state index contributed by atoms with van der Waals surface area (Å²) in [7, 11) is 0. The van der Waals surface area contributed by atoms with E-state index in [0.717, 1.165) is 40.7 Å². The standard InChI is InChI=1S/C24H32N6O2/c1-15-12-16(2)19-14-20(24(32)25-21(19)13-15)22(29-10-8-18(31)9-11-29)23-26-27-28-30(23)17-6-4-3-5-7-17/h12-14,17-18,22,31H,3-11H2,1-2H3,(H,25,32). The quantitative estimate of drug-likeness (QED) is 0.652. The Bertz CT molecular complexity index is 1150. The second kappa shape index (κ2) is 8.75. The van der Waals surface area contributed by atoms with Crippen LogP contribution in [0.1, 0.15) is 79.5 Å². The number of aromatic amines is 1. The van der Waals surface area contributed by atoms with Crippen LogP contribution >= 0.6 is 0 Å². The summed E-state index contributed by atoms with van der Waals surface area (Å²) < 4.78 is 1.97. The lowest BCUT2D eigenvalue weighted by Gasteiger charge is -2.36. The highest BCUT2D eigenvalue weighted by Crippen LogP contribution is 2.34. The maximum absolute atomic E-state index is 13.4. The zero-order valence-electron chi connectivity index (χ0n) is 18.9. The van der Waals surface area contributed by atoms with Gasteiger partial charge >= 0.3 is 0 Å². The Morgan fingerprint density at radius 2 is 1.81 bits per heavy atom. The van der Waals surface area contributed by atoms with E-state index in [2.05, 4.69) is 38.4 Å². The third-order valence-corrected chi connectivity index (χ3v) is 7.18. The number of benzene rings is 1. The van der Waals surface area contributed by atoms with E-state index in [1.807, 2.05) is 23.7 Å². The van der Waals surface area contributed by atoms with Crippen molar-refractivity contribution in [1.82, 2.24) is 30.1 Å². The van der Waals surface area contributed by atoms with Crippen molar-refractivity contribution >= 4 is 10.9 Å². The summed E-state index contributed by atoms with van der Waals surface area (Å²) in [5.74, 6) is 0.739. The molecule has 0 amide bonds. The molecule has 1 unspecified atom stereocenters. The third-order valence-electron chi connectivity index (χ3n) is 7.18. The normalized spacial score (nSPS) is 20.1. The van der Waals surface area contributed by atoms with Gasteiger partial charge in [-0.15, -0.1) is 5.10 Å². The molecule has 170 valence electrons. The molecule has 1 aromatic carbocycles. The minimum Gasteiger partial charge on any atom is -0.393 e. The van der Waals surface area contributed by atoms with E-state index in [1.54, 1.807) is 0 Å². The highest BCUT2D eigenvalue weighted by Gasteiger charge is 2.34. The number of rotatable bonds is 4. The Kier molecular flexibility index (Phi) is 5.82. The number of aromatic nitrogens is 5. The molecule has 3 heterocycles. The third kappa shape index (κ3) is 3.97. The van der Waals surface area contributed by atoms with Crippen molar-refractivity contribution in [3.8, 4) is 0 Å². The molecule has 8 nitrogen and oxygen atoms in total. The fourth-order valence-electron chi connectivity index (χ4n) is 5.50. The molecule has 3 aromatic rings. The van der Waals surface area contributed by atoms with Gasteiger partial charge in [-0.3, -0.25) is 9.69 Å². The van der Waals surface area contributed by atoms with Gasteiger partial charge in [0.2, 0.25) is 0 Å². The van der Waals surface area contributed by atoms with Gasteiger partial charge in [-0.1, -0.05) is 25.3 Å². The number of likely N-dealkylation sites (tertiary alicyclic amines) is 1. The maximum Gasteiger partial charge on any atom is 0.253 e. The number of aliphatic hydroxyl groups excluding tert-OH is 1. The van der Waals surface area contributed by atoms with Crippen LogP contribution in [0.15, 0.2) is 23.0 Å². The minimum atomic E-state index is -0.340. The summed E-state index contributed by atoms with van der Waals surface area (Å²) in [6.45, 7) is 5.52. The fourth-order valence-corrected chi connectivity index (χ4v) is 5.50. The highest BCUT2D eigenvalue weighted by atomic mass is 16.3. The molecule has 1 saturated carbocycles. The monoisotopic (exact) mass is 436 g/mol. The van der Waals surface area contributed by atoms with Gasteiger partial charge in [0.25, 0.3) is 5.56 Å². The van der Waals surface area contributed by atoms with Crippen LogP contribution in [0.4, 0.5) is 0 Å². The molecule has 1 aliphatic heterocycles.